The third kappa shape index (κ3) is 3.12. The van der Waals surface area contributed by atoms with Crippen LogP contribution in [0.1, 0.15) is 0 Å². The Morgan fingerprint density at radius 3 is 2.20 bits per heavy atom. The first-order valence-corrected chi connectivity index (χ1v) is 5.45. The molecule has 7 heteroatoms. The smallest absolute Gasteiger partial charge is 0.403 e. The highest BCUT2D eigenvalue weighted by Gasteiger charge is 2.36. The summed E-state index contributed by atoms with van der Waals surface area (Å²) in [5.41, 5.74) is 0. The number of para-hydroxylation sites is 1. The molecule has 15 heavy (non-hydrogen) atoms. The maximum atomic E-state index is 11.9. The van der Waals surface area contributed by atoms with Gasteiger partial charge < -0.3 is 5.11 Å². The van der Waals surface area contributed by atoms with Gasteiger partial charge in [-0.15, -0.1) is 0 Å². The van der Waals surface area contributed by atoms with Crippen LogP contribution in [0, 0.1) is 0 Å². The van der Waals surface area contributed by atoms with Gasteiger partial charge in [-0.1, -0.05) is 12.1 Å². The van der Waals surface area contributed by atoms with Gasteiger partial charge in [-0.3, -0.25) is 0 Å². The molecule has 0 amide bonds. The molecule has 0 aliphatic carbocycles. The van der Waals surface area contributed by atoms with Crippen molar-refractivity contribution in [3.63, 3.8) is 0 Å². The van der Waals surface area contributed by atoms with E-state index in [0.717, 1.165) is 12.1 Å². The average Bonchev–Trinajstić information content (AvgIpc) is 1.99. The van der Waals surface area contributed by atoms with Gasteiger partial charge in [-0.05, 0) is 12.1 Å². The van der Waals surface area contributed by atoms with Crippen LogP contribution in [-0.4, -0.2) is 25.5 Å². The maximum absolute atomic E-state index is 11.9. The quantitative estimate of drug-likeness (QED) is 0.856. The Morgan fingerprint density at radius 1 is 1.20 bits per heavy atom. The SMILES string of the molecule is O=S(=O)(CC(F)(F)F)c1ccccc1O. The highest BCUT2D eigenvalue weighted by molar-refractivity contribution is 7.91. The largest absolute Gasteiger partial charge is 0.507 e. The third-order valence-electron chi connectivity index (χ3n) is 1.55. The lowest BCUT2D eigenvalue weighted by Crippen LogP contribution is -2.22. The van der Waals surface area contributed by atoms with Crippen LogP contribution in [0.25, 0.3) is 0 Å². The minimum atomic E-state index is -4.82. The number of halogens is 3. The summed E-state index contributed by atoms with van der Waals surface area (Å²) in [6.07, 6.45) is -4.82. The summed E-state index contributed by atoms with van der Waals surface area (Å²) in [4.78, 5) is -0.706. The molecule has 1 rings (SSSR count). The molecule has 0 bridgehead atoms. The Bertz CT molecular complexity index is 450. The summed E-state index contributed by atoms with van der Waals surface area (Å²) >= 11 is 0. The molecule has 1 aromatic rings. The Labute approximate surface area is 84.1 Å². The number of rotatable bonds is 2. The predicted octanol–water partition coefficient (Wildman–Crippen LogP) is 1.73. The standard InChI is InChI=1S/C8H7F3O3S/c9-8(10,11)5-15(13,14)7-4-2-1-3-6(7)12/h1-4,12H,5H2. The summed E-state index contributed by atoms with van der Waals surface area (Å²) in [7, 11) is -4.52. The van der Waals surface area contributed by atoms with E-state index in [1.807, 2.05) is 0 Å². The number of phenolic OH excluding ortho intramolecular Hbond substituents is 1. The minimum absolute atomic E-state index is 0.679. The molecule has 0 aromatic heterocycles. The van der Waals surface area contributed by atoms with Crippen LogP contribution in [0.2, 0.25) is 0 Å². The second-order valence-corrected chi connectivity index (χ2v) is 4.80. The molecular weight excluding hydrogens is 233 g/mol. The number of sulfone groups is 1. The van der Waals surface area contributed by atoms with Crippen molar-refractivity contribution in [2.45, 2.75) is 11.1 Å². The number of benzene rings is 1. The summed E-state index contributed by atoms with van der Waals surface area (Å²) in [6, 6.07) is 4.50. The van der Waals surface area contributed by atoms with E-state index < -0.39 is 32.4 Å². The van der Waals surface area contributed by atoms with Crippen LogP contribution in [-0.2, 0) is 9.84 Å². The molecule has 0 atom stereocenters. The first-order valence-electron chi connectivity index (χ1n) is 3.80. The van der Waals surface area contributed by atoms with E-state index in [1.165, 1.54) is 12.1 Å². The van der Waals surface area contributed by atoms with Crippen LogP contribution in [0.4, 0.5) is 13.2 Å². The average molecular weight is 240 g/mol. The molecular formula is C8H7F3O3S. The zero-order chi connectivity index (χ0) is 11.7. The van der Waals surface area contributed by atoms with Gasteiger partial charge >= 0.3 is 6.18 Å². The fourth-order valence-corrected chi connectivity index (χ4v) is 2.27. The van der Waals surface area contributed by atoms with Gasteiger partial charge in [0.2, 0.25) is 0 Å². The first kappa shape index (κ1) is 11.8. The Kier molecular flexibility index (Phi) is 2.94. The highest BCUT2D eigenvalue weighted by atomic mass is 32.2. The lowest BCUT2D eigenvalue weighted by atomic mass is 10.3. The van der Waals surface area contributed by atoms with Crippen molar-refractivity contribution in [3.05, 3.63) is 24.3 Å². The molecule has 0 fully saturated rings. The van der Waals surface area contributed by atoms with Crippen molar-refractivity contribution in [2.75, 3.05) is 5.75 Å². The van der Waals surface area contributed by atoms with Crippen molar-refractivity contribution >= 4 is 9.84 Å². The molecule has 0 radical (unpaired) electrons. The second kappa shape index (κ2) is 3.73. The molecule has 1 aromatic carbocycles. The molecule has 3 nitrogen and oxygen atoms in total. The zero-order valence-corrected chi connectivity index (χ0v) is 8.14. The summed E-state index contributed by atoms with van der Waals surface area (Å²) in [5, 5.41) is 9.10. The fraction of sp³-hybridized carbons (Fsp3) is 0.250. The molecule has 0 unspecified atom stereocenters. The number of phenols is 1. The van der Waals surface area contributed by atoms with Gasteiger partial charge in [0, 0.05) is 0 Å². The van der Waals surface area contributed by atoms with Gasteiger partial charge in [-0.25, -0.2) is 8.42 Å². The molecule has 0 saturated carbocycles. The molecule has 0 aliphatic rings. The molecule has 0 heterocycles. The molecule has 0 aliphatic heterocycles. The van der Waals surface area contributed by atoms with E-state index in [4.69, 9.17) is 5.11 Å². The van der Waals surface area contributed by atoms with Gasteiger partial charge in [0.05, 0.1) is 0 Å². The number of hydrogen-bond donors (Lipinski definition) is 1. The molecule has 1 N–H and O–H groups in total. The molecule has 0 saturated heterocycles. The monoisotopic (exact) mass is 240 g/mol. The topological polar surface area (TPSA) is 54.4 Å². The predicted molar refractivity (Wildman–Crippen MR) is 46.2 cm³/mol. The van der Waals surface area contributed by atoms with Gasteiger partial charge in [-0.2, -0.15) is 13.2 Å². The van der Waals surface area contributed by atoms with Gasteiger partial charge in [0.15, 0.2) is 15.6 Å². The first-order chi connectivity index (χ1) is 6.72. The minimum Gasteiger partial charge on any atom is -0.507 e. The van der Waals surface area contributed by atoms with Gasteiger partial charge in [0.25, 0.3) is 0 Å². The molecule has 84 valence electrons. The van der Waals surface area contributed by atoms with Crippen LogP contribution < -0.4 is 0 Å². The van der Waals surface area contributed by atoms with E-state index in [1.54, 1.807) is 0 Å². The van der Waals surface area contributed by atoms with Crippen LogP contribution >= 0.6 is 0 Å². The molecule has 0 spiro atoms. The van der Waals surface area contributed by atoms with Gasteiger partial charge in [0.1, 0.15) is 10.6 Å². The van der Waals surface area contributed by atoms with Crippen LogP contribution in [0.5, 0.6) is 5.75 Å². The highest BCUT2D eigenvalue weighted by Crippen LogP contribution is 2.27. The Morgan fingerprint density at radius 2 is 1.73 bits per heavy atom. The van der Waals surface area contributed by atoms with E-state index in [9.17, 15) is 21.6 Å². The lowest BCUT2D eigenvalue weighted by molar-refractivity contribution is -0.106. The fourth-order valence-electron chi connectivity index (χ4n) is 1.01. The normalized spacial score (nSPS) is 12.7. The Hall–Kier alpha value is -1.24. The van der Waals surface area contributed by atoms with E-state index in [2.05, 4.69) is 0 Å². The number of alkyl halides is 3. The zero-order valence-electron chi connectivity index (χ0n) is 7.32. The summed E-state index contributed by atoms with van der Waals surface area (Å²) < 4.78 is 58.1. The van der Waals surface area contributed by atoms with Crippen molar-refractivity contribution in [3.8, 4) is 5.75 Å². The van der Waals surface area contributed by atoms with Crippen LogP contribution in [0.3, 0.4) is 0 Å². The van der Waals surface area contributed by atoms with Crippen molar-refractivity contribution in [1.29, 1.82) is 0 Å². The van der Waals surface area contributed by atoms with E-state index in [0.29, 0.717) is 0 Å². The van der Waals surface area contributed by atoms with Crippen molar-refractivity contribution in [1.82, 2.24) is 0 Å². The van der Waals surface area contributed by atoms with Crippen molar-refractivity contribution in [2.24, 2.45) is 0 Å². The van der Waals surface area contributed by atoms with Crippen LogP contribution in [0.15, 0.2) is 29.2 Å². The summed E-state index contributed by atoms with van der Waals surface area (Å²) in [5.74, 6) is -2.65. The third-order valence-corrected chi connectivity index (χ3v) is 3.28. The maximum Gasteiger partial charge on any atom is 0.403 e. The van der Waals surface area contributed by atoms with E-state index in [-0.39, 0.29) is 0 Å². The lowest BCUT2D eigenvalue weighted by Gasteiger charge is -2.08. The summed E-state index contributed by atoms with van der Waals surface area (Å²) in [6.45, 7) is 0. The number of hydrogen-bond acceptors (Lipinski definition) is 3. The second-order valence-electron chi connectivity index (χ2n) is 2.84. The Balaban J connectivity index is 3.13. The van der Waals surface area contributed by atoms with E-state index >= 15 is 0 Å². The number of aromatic hydroxyl groups is 1. The van der Waals surface area contributed by atoms with Crippen molar-refractivity contribution < 1.29 is 26.7 Å².